The zero-order chi connectivity index (χ0) is 15.4. The second kappa shape index (κ2) is 7.05. The lowest BCUT2D eigenvalue weighted by Gasteiger charge is -2.35. The fourth-order valence-corrected chi connectivity index (χ4v) is 4.82. The predicted octanol–water partition coefficient (Wildman–Crippen LogP) is 2.86. The van der Waals surface area contributed by atoms with Crippen molar-refractivity contribution in [2.24, 2.45) is 5.92 Å². The van der Waals surface area contributed by atoms with E-state index < -0.39 is 5.60 Å². The highest BCUT2D eigenvalue weighted by Gasteiger charge is 2.34. The van der Waals surface area contributed by atoms with Crippen LogP contribution in [0.5, 0.6) is 0 Å². The third-order valence-electron chi connectivity index (χ3n) is 4.95. The molecular formula is C18H25NO2S. The van der Waals surface area contributed by atoms with Crippen LogP contribution in [0.4, 0.5) is 0 Å². The van der Waals surface area contributed by atoms with E-state index in [0.29, 0.717) is 18.9 Å². The molecule has 0 radical (unpaired) electrons. The van der Waals surface area contributed by atoms with Crippen molar-refractivity contribution >= 4 is 17.7 Å². The number of amides is 1. The molecule has 1 atom stereocenters. The first-order valence-corrected chi connectivity index (χ1v) is 9.48. The van der Waals surface area contributed by atoms with Crippen LogP contribution >= 0.6 is 11.8 Å². The molecule has 120 valence electrons. The summed E-state index contributed by atoms with van der Waals surface area (Å²) in [7, 11) is 0. The minimum atomic E-state index is -0.896. The molecule has 1 aliphatic carbocycles. The van der Waals surface area contributed by atoms with Gasteiger partial charge in [0.15, 0.2) is 0 Å². The summed E-state index contributed by atoms with van der Waals surface area (Å²) in [5.41, 5.74) is 1.32. The van der Waals surface area contributed by atoms with Gasteiger partial charge in [-0.25, -0.2) is 0 Å². The van der Waals surface area contributed by atoms with Crippen LogP contribution < -0.4 is 5.32 Å². The summed E-state index contributed by atoms with van der Waals surface area (Å²) in [6.45, 7) is 0.338. The molecule has 1 heterocycles. The van der Waals surface area contributed by atoms with E-state index in [1.54, 1.807) is 0 Å². The van der Waals surface area contributed by atoms with Crippen molar-refractivity contribution in [2.45, 2.75) is 44.1 Å². The van der Waals surface area contributed by atoms with Crippen molar-refractivity contribution in [1.82, 2.24) is 5.32 Å². The molecule has 1 aliphatic heterocycles. The van der Waals surface area contributed by atoms with E-state index in [-0.39, 0.29) is 5.91 Å². The van der Waals surface area contributed by atoms with Gasteiger partial charge in [0.2, 0.25) is 5.91 Å². The Labute approximate surface area is 136 Å². The van der Waals surface area contributed by atoms with Crippen LogP contribution in [0.15, 0.2) is 24.3 Å². The number of aliphatic hydroxyl groups is 1. The zero-order valence-electron chi connectivity index (χ0n) is 13.0. The predicted molar refractivity (Wildman–Crippen MR) is 91.0 cm³/mol. The van der Waals surface area contributed by atoms with E-state index in [4.69, 9.17) is 0 Å². The van der Waals surface area contributed by atoms with Crippen molar-refractivity contribution in [2.75, 3.05) is 18.1 Å². The van der Waals surface area contributed by atoms with Crippen LogP contribution in [0, 0.1) is 5.92 Å². The number of hydrogen-bond donors (Lipinski definition) is 2. The number of benzene rings is 1. The van der Waals surface area contributed by atoms with E-state index in [0.717, 1.165) is 37.7 Å². The van der Waals surface area contributed by atoms with Gasteiger partial charge in [-0.1, -0.05) is 24.3 Å². The van der Waals surface area contributed by atoms with Crippen LogP contribution in [-0.2, 0) is 16.8 Å². The Morgan fingerprint density at radius 3 is 2.91 bits per heavy atom. The Morgan fingerprint density at radius 2 is 2.09 bits per heavy atom. The Bertz CT molecular complexity index is 528. The third-order valence-corrected chi connectivity index (χ3v) is 6.00. The van der Waals surface area contributed by atoms with E-state index >= 15 is 0 Å². The van der Waals surface area contributed by atoms with Crippen LogP contribution in [0.25, 0.3) is 0 Å². The van der Waals surface area contributed by atoms with Gasteiger partial charge >= 0.3 is 0 Å². The number of thioether (sulfide) groups is 1. The Kier molecular flexibility index (Phi) is 5.09. The monoisotopic (exact) mass is 319 g/mol. The van der Waals surface area contributed by atoms with E-state index in [1.807, 2.05) is 30.0 Å². The van der Waals surface area contributed by atoms with Crippen LogP contribution in [-0.4, -0.2) is 29.1 Å². The number of carbonyl (C=O) groups is 1. The summed E-state index contributed by atoms with van der Waals surface area (Å²) < 4.78 is 0. The van der Waals surface area contributed by atoms with Gasteiger partial charge in [-0.3, -0.25) is 4.79 Å². The lowest BCUT2D eigenvalue weighted by molar-refractivity contribution is -0.123. The standard InChI is InChI=1S/C18H25NO2S/c20-17(12-14-7-10-22-11-8-14)19-13-18(21)9-3-5-15-4-1-2-6-16(15)18/h1-2,4,6,14,21H,3,5,7-13H2,(H,19,20). The molecule has 3 nitrogen and oxygen atoms in total. The molecule has 1 saturated heterocycles. The third kappa shape index (κ3) is 3.66. The van der Waals surface area contributed by atoms with Gasteiger partial charge in [0.05, 0.1) is 6.54 Å². The maximum Gasteiger partial charge on any atom is 0.220 e. The minimum Gasteiger partial charge on any atom is -0.383 e. The van der Waals surface area contributed by atoms with Gasteiger partial charge in [0.25, 0.3) is 0 Å². The molecule has 3 rings (SSSR count). The van der Waals surface area contributed by atoms with Gasteiger partial charge in [0.1, 0.15) is 5.60 Å². The van der Waals surface area contributed by atoms with Crippen LogP contribution in [0.3, 0.4) is 0 Å². The second-order valence-electron chi connectivity index (χ2n) is 6.58. The molecule has 4 heteroatoms. The molecule has 1 aromatic rings. The molecule has 2 aliphatic rings. The number of nitrogens with one attached hydrogen (secondary N) is 1. The summed E-state index contributed by atoms with van der Waals surface area (Å²) in [4.78, 5) is 12.2. The fraction of sp³-hybridized carbons (Fsp3) is 0.611. The first-order chi connectivity index (χ1) is 10.7. The average Bonchev–Trinajstić information content (AvgIpc) is 2.55. The molecular weight excluding hydrogens is 294 g/mol. The van der Waals surface area contributed by atoms with Gasteiger partial charge < -0.3 is 10.4 Å². The molecule has 2 N–H and O–H groups in total. The number of rotatable bonds is 4. The average molecular weight is 319 g/mol. The summed E-state index contributed by atoms with van der Waals surface area (Å²) in [5, 5.41) is 13.9. The highest BCUT2D eigenvalue weighted by atomic mass is 32.2. The van der Waals surface area contributed by atoms with Gasteiger partial charge in [-0.05, 0) is 60.7 Å². The van der Waals surface area contributed by atoms with E-state index in [2.05, 4.69) is 11.4 Å². The molecule has 0 bridgehead atoms. The number of fused-ring (bicyclic) bond motifs is 1. The van der Waals surface area contributed by atoms with E-state index in [9.17, 15) is 9.90 Å². The lowest BCUT2D eigenvalue weighted by atomic mass is 9.79. The molecule has 1 aromatic carbocycles. The summed E-state index contributed by atoms with van der Waals surface area (Å²) in [6, 6.07) is 8.07. The SMILES string of the molecule is O=C(CC1CCSCC1)NCC1(O)CCCc2ccccc21. The van der Waals surface area contributed by atoms with Gasteiger partial charge in [-0.15, -0.1) is 0 Å². The second-order valence-corrected chi connectivity index (χ2v) is 7.80. The van der Waals surface area contributed by atoms with Gasteiger partial charge in [0, 0.05) is 6.42 Å². The number of hydrogen-bond acceptors (Lipinski definition) is 3. The summed E-state index contributed by atoms with van der Waals surface area (Å²) in [5.74, 6) is 2.97. The lowest BCUT2D eigenvalue weighted by Crippen LogP contribution is -2.43. The molecule has 1 amide bonds. The van der Waals surface area contributed by atoms with Crippen molar-refractivity contribution in [3.05, 3.63) is 35.4 Å². The minimum absolute atomic E-state index is 0.0911. The molecule has 1 unspecified atom stereocenters. The van der Waals surface area contributed by atoms with Crippen molar-refractivity contribution in [3.63, 3.8) is 0 Å². The summed E-state index contributed by atoms with van der Waals surface area (Å²) in [6.07, 6.45) is 5.62. The van der Waals surface area contributed by atoms with Crippen LogP contribution in [0.1, 0.15) is 43.2 Å². The highest BCUT2D eigenvalue weighted by Crippen LogP contribution is 2.34. The smallest absolute Gasteiger partial charge is 0.220 e. The quantitative estimate of drug-likeness (QED) is 0.897. The molecule has 0 spiro atoms. The number of aryl methyl sites for hydroxylation is 1. The van der Waals surface area contributed by atoms with Crippen LogP contribution in [0.2, 0.25) is 0 Å². The zero-order valence-corrected chi connectivity index (χ0v) is 13.8. The topological polar surface area (TPSA) is 49.3 Å². The normalized spacial score (nSPS) is 25.5. The first kappa shape index (κ1) is 15.9. The highest BCUT2D eigenvalue weighted by molar-refractivity contribution is 7.99. The summed E-state index contributed by atoms with van der Waals surface area (Å²) >= 11 is 1.98. The molecule has 0 aromatic heterocycles. The Hall–Kier alpha value is -1.00. The Balaban J connectivity index is 1.57. The van der Waals surface area contributed by atoms with Crippen molar-refractivity contribution in [1.29, 1.82) is 0 Å². The maximum atomic E-state index is 12.2. The largest absolute Gasteiger partial charge is 0.383 e. The molecule has 0 saturated carbocycles. The molecule has 22 heavy (non-hydrogen) atoms. The Morgan fingerprint density at radius 1 is 1.32 bits per heavy atom. The van der Waals surface area contributed by atoms with Crippen molar-refractivity contribution in [3.8, 4) is 0 Å². The maximum absolute atomic E-state index is 12.2. The molecule has 1 fully saturated rings. The van der Waals surface area contributed by atoms with Gasteiger partial charge in [-0.2, -0.15) is 11.8 Å². The first-order valence-electron chi connectivity index (χ1n) is 8.32. The van der Waals surface area contributed by atoms with E-state index in [1.165, 1.54) is 17.1 Å². The number of carbonyl (C=O) groups excluding carboxylic acids is 1. The van der Waals surface area contributed by atoms with Crippen molar-refractivity contribution < 1.29 is 9.90 Å². The fourth-order valence-electron chi connectivity index (χ4n) is 3.61.